The molecule has 106 valence electrons. The van der Waals surface area contributed by atoms with Crippen molar-refractivity contribution in [2.45, 2.75) is 39.2 Å². The Morgan fingerprint density at radius 1 is 1.10 bits per heavy atom. The van der Waals surface area contributed by atoms with Crippen molar-refractivity contribution in [1.82, 2.24) is 10.3 Å². The molecule has 0 radical (unpaired) electrons. The number of nitrogens with one attached hydrogen (secondary N) is 1. The van der Waals surface area contributed by atoms with Gasteiger partial charge in [0.25, 0.3) is 0 Å². The zero-order valence-corrected chi connectivity index (χ0v) is 12.5. The maximum Gasteiger partial charge on any atom is 0.0602 e. The highest BCUT2D eigenvalue weighted by Crippen LogP contribution is 2.20. The van der Waals surface area contributed by atoms with E-state index in [9.17, 15) is 0 Å². The van der Waals surface area contributed by atoms with Crippen LogP contribution >= 0.6 is 0 Å². The summed E-state index contributed by atoms with van der Waals surface area (Å²) in [7, 11) is 0. The van der Waals surface area contributed by atoms with Crippen LogP contribution in [0.2, 0.25) is 0 Å². The Morgan fingerprint density at radius 2 is 1.90 bits per heavy atom. The van der Waals surface area contributed by atoms with Crippen LogP contribution in [-0.4, -0.2) is 11.5 Å². The van der Waals surface area contributed by atoms with Gasteiger partial charge < -0.3 is 5.32 Å². The van der Waals surface area contributed by atoms with Crippen LogP contribution < -0.4 is 5.32 Å². The highest BCUT2D eigenvalue weighted by Gasteiger charge is 2.14. The van der Waals surface area contributed by atoms with Crippen molar-refractivity contribution in [3.8, 4) is 0 Å². The van der Waals surface area contributed by atoms with Gasteiger partial charge in [-0.3, -0.25) is 4.98 Å². The topological polar surface area (TPSA) is 24.9 Å². The minimum atomic E-state index is 0.344. The van der Waals surface area contributed by atoms with Crippen molar-refractivity contribution >= 4 is 0 Å². The standard InChI is InChI=1S/C18H24N2/c1-3-13-19-17(18-15(2)8-7-14-20-18)12-11-16-9-5-4-6-10-16/h4-10,14,17,19H,3,11-13H2,1-2H3. The van der Waals surface area contributed by atoms with E-state index in [1.165, 1.54) is 16.8 Å². The van der Waals surface area contributed by atoms with Crippen LogP contribution in [0, 0.1) is 6.92 Å². The molecule has 0 saturated carbocycles. The summed E-state index contributed by atoms with van der Waals surface area (Å²) in [5, 5.41) is 3.63. The highest BCUT2D eigenvalue weighted by molar-refractivity contribution is 5.22. The molecule has 0 aliphatic heterocycles. The Labute approximate surface area is 122 Å². The summed E-state index contributed by atoms with van der Waals surface area (Å²) in [6.07, 6.45) is 5.21. The van der Waals surface area contributed by atoms with Gasteiger partial charge >= 0.3 is 0 Å². The van der Waals surface area contributed by atoms with Gasteiger partial charge in [-0.05, 0) is 49.9 Å². The SMILES string of the molecule is CCCNC(CCc1ccccc1)c1ncccc1C. The molecule has 20 heavy (non-hydrogen) atoms. The van der Waals surface area contributed by atoms with E-state index in [0.29, 0.717) is 6.04 Å². The fraction of sp³-hybridized carbons (Fsp3) is 0.389. The van der Waals surface area contributed by atoms with Gasteiger partial charge in [-0.25, -0.2) is 0 Å². The van der Waals surface area contributed by atoms with Gasteiger partial charge in [-0.2, -0.15) is 0 Å². The second-order valence-electron chi connectivity index (χ2n) is 5.24. The monoisotopic (exact) mass is 268 g/mol. The van der Waals surface area contributed by atoms with E-state index in [2.05, 4.69) is 60.5 Å². The Hall–Kier alpha value is -1.67. The number of hydrogen-bond acceptors (Lipinski definition) is 2. The molecule has 1 aromatic heterocycles. The van der Waals surface area contributed by atoms with E-state index in [1.807, 2.05) is 12.3 Å². The Balaban J connectivity index is 2.06. The smallest absolute Gasteiger partial charge is 0.0602 e. The van der Waals surface area contributed by atoms with Gasteiger partial charge in [0.2, 0.25) is 0 Å². The van der Waals surface area contributed by atoms with E-state index in [-0.39, 0.29) is 0 Å². The molecule has 2 rings (SSSR count). The van der Waals surface area contributed by atoms with Crippen molar-refractivity contribution in [2.75, 3.05) is 6.54 Å². The van der Waals surface area contributed by atoms with Gasteiger partial charge in [0.1, 0.15) is 0 Å². The lowest BCUT2D eigenvalue weighted by molar-refractivity contribution is 0.486. The van der Waals surface area contributed by atoms with Crippen LogP contribution in [0.5, 0.6) is 0 Å². The van der Waals surface area contributed by atoms with Crippen LogP contribution in [0.25, 0.3) is 0 Å². The van der Waals surface area contributed by atoms with Gasteiger partial charge in [0.15, 0.2) is 0 Å². The Bertz CT molecular complexity index is 508. The molecule has 0 bridgehead atoms. The lowest BCUT2D eigenvalue weighted by Gasteiger charge is -2.19. The second kappa shape index (κ2) is 7.81. The third kappa shape index (κ3) is 4.17. The zero-order chi connectivity index (χ0) is 14.2. The number of pyridine rings is 1. The van der Waals surface area contributed by atoms with Crippen molar-refractivity contribution in [1.29, 1.82) is 0 Å². The number of rotatable bonds is 7. The minimum Gasteiger partial charge on any atom is -0.309 e. The van der Waals surface area contributed by atoms with E-state index in [0.717, 1.165) is 25.8 Å². The van der Waals surface area contributed by atoms with Crippen molar-refractivity contribution < 1.29 is 0 Å². The summed E-state index contributed by atoms with van der Waals surface area (Å²) in [6, 6.07) is 15.2. The van der Waals surface area contributed by atoms with Crippen molar-refractivity contribution in [3.05, 3.63) is 65.5 Å². The minimum absolute atomic E-state index is 0.344. The van der Waals surface area contributed by atoms with Gasteiger partial charge in [0.05, 0.1) is 11.7 Å². The Kier molecular flexibility index (Phi) is 5.75. The summed E-state index contributed by atoms with van der Waals surface area (Å²) in [5.74, 6) is 0. The first-order valence-electron chi connectivity index (χ1n) is 7.50. The van der Waals surface area contributed by atoms with Crippen molar-refractivity contribution in [2.24, 2.45) is 0 Å². The van der Waals surface area contributed by atoms with Crippen LogP contribution in [0.3, 0.4) is 0 Å². The molecule has 0 aliphatic carbocycles. The molecule has 0 aliphatic rings. The summed E-state index contributed by atoms with van der Waals surface area (Å²) < 4.78 is 0. The lowest BCUT2D eigenvalue weighted by Crippen LogP contribution is -2.24. The molecular weight excluding hydrogens is 244 g/mol. The fourth-order valence-corrected chi connectivity index (χ4v) is 2.47. The number of aromatic nitrogens is 1. The van der Waals surface area contributed by atoms with Gasteiger partial charge in [0, 0.05) is 6.20 Å². The summed E-state index contributed by atoms with van der Waals surface area (Å²) in [4.78, 5) is 4.58. The number of nitrogens with zero attached hydrogens (tertiary/aromatic N) is 1. The quantitative estimate of drug-likeness (QED) is 0.819. The first-order chi connectivity index (χ1) is 9.81. The molecule has 0 amide bonds. The van der Waals surface area contributed by atoms with E-state index in [1.54, 1.807) is 0 Å². The van der Waals surface area contributed by atoms with Gasteiger partial charge in [-0.1, -0.05) is 43.3 Å². The van der Waals surface area contributed by atoms with E-state index >= 15 is 0 Å². The number of hydrogen-bond donors (Lipinski definition) is 1. The first-order valence-corrected chi connectivity index (χ1v) is 7.50. The third-order valence-corrected chi connectivity index (χ3v) is 3.59. The average molecular weight is 268 g/mol. The van der Waals surface area contributed by atoms with Gasteiger partial charge in [-0.15, -0.1) is 0 Å². The Morgan fingerprint density at radius 3 is 2.60 bits per heavy atom. The molecule has 0 spiro atoms. The molecule has 0 fully saturated rings. The van der Waals surface area contributed by atoms with Crippen LogP contribution in [0.4, 0.5) is 0 Å². The number of benzene rings is 1. The van der Waals surface area contributed by atoms with E-state index < -0.39 is 0 Å². The van der Waals surface area contributed by atoms with E-state index in [4.69, 9.17) is 0 Å². The van der Waals surface area contributed by atoms with Crippen LogP contribution in [0.15, 0.2) is 48.7 Å². The highest BCUT2D eigenvalue weighted by atomic mass is 14.9. The normalized spacial score (nSPS) is 12.3. The predicted octanol–water partition coefficient (Wildman–Crippen LogP) is 4.06. The maximum atomic E-state index is 4.58. The lowest BCUT2D eigenvalue weighted by atomic mass is 10.00. The fourth-order valence-electron chi connectivity index (χ4n) is 2.47. The predicted molar refractivity (Wildman–Crippen MR) is 84.8 cm³/mol. The third-order valence-electron chi connectivity index (χ3n) is 3.59. The average Bonchev–Trinajstić information content (AvgIpc) is 2.49. The molecule has 2 nitrogen and oxygen atoms in total. The molecule has 2 aromatic rings. The summed E-state index contributed by atoms with van der Waals surface area (Å²) in [6.45, 7) is 5.38. The molecule has 1 heterocycles. The zero-order valence-electron chi connectivity index (χ0n) is 12.5. The van der Waals surface area contributed by atoms with Crippen molar-refractivity contribution in [3.63, 3.8) is 0 Å². The molecule has 1 aromatic carbocycles. The number of aryl methyl sites for hydroxylation is 2. The first kappa shape index (κ1) is 14.7. The molecule has 0 saturated heterocycles. The maximum absolute atomic E-state index is 4.58. The molecule has 1 unspecified atom stereocenters. The van der Waals surface area contributed by atoms with Crippen LogP contribution in [-0.2, 0) is 6.42 Å². The molecule has 2 heteroatoms. The van der Waals surface area contributed by atoms with Crippen LogP contribution in [0.1, 0.15) is 42.6 Å². The largest absolute Gasteiger partial charge is 0.309 e. The second-order valence-corrected chi connectivity index (χ2v) is 5.24. The summed E-state index contributed by atoms with van der Waals surface area (Å²) >= 11 is 0. The molecular formula is C18H24N2. The molecule has 1 atom stereocenters. The summed E-state index contributed by atoms with van der Waals surface area (Å²) in [5.41, 5.74) is 3.86. The molecule has 1 N–H and O–H groups in total.